The van der Waals surface area contributed by atoms with E-state index >= 15 is 0 Å². The van der Waals surface area contributed by atoms with E-state index in [0.29, 0.717) is 4.90 Å². The zero-order valence-corrected chi connectivity index (χ0v) is 14.3. The molecule has 0 spiro atoms. The van der Waals surface area contributed by atoms with Crippen molar-refractivity contribution in [1.29, 1.82) is 0 Å². The topological polar surface area (TPSA) is 46.2 Å². The summed E-state index contributed by atoms with van der Waals surface area (Å²) in [5.41, 5.74) is 1.06. The lowest BCUT2D eigenvalue weighted by atomic mass is 10.1. The lowest BCUT2D eigenvalue weighted by Gasteiger charge is -2.25. The van der Waals surface area contributed by atoms with Gasteiger partial charge in [-0.25, -0.2) is 13.1 Å². The normalized spacial score (nSPS) is 18.2. The van der Waals surface area contributed by atoms with Crippen LogP contribution in [0.2, 0.25) is 0 Å². The van der Waals surface area contributed by atoms with E-state index in [2.05, 4.69) is 20.7 Å². The van der Waals surface area contributed by atoms with Gasteiger partial charge in [-0.1, -0.05) is 34.1 Å². The average Bonchev–Trinajstić information content (AvgIpc) is 2.48. The van der Waals surface area contributed by atoms with Gasteiger partial charge in [0.25, 0.3) is 0 Å². The zero-order valence-electron chi connectivity index (χ0n) is 11.1. The van der Waals surface area contributed by atoms with Crippen LogP contribution in [0.15, 0.2) is 62.8 Å². The molecule has 110 valence electrons. The van der Waals surface area contributed by atoms with Gasteiger partial charge in [-0.3, -0.25) is 0 Å². The molecule has 6 heteroatoms. The molecular weight excluding hydrogens is 370 g/mol. The van der Waals surface area contributed by atoms with Gasteiger partial charge in [0, 0.05) is 15.4 Å². The minimum atomic E-state index is -3.50. The van der Waals surface area contributed by atoms with Gasteiger partial charge in [-0.15, -0.1) is 11.8 Å². The fourth-order valence-corrected chi connectivity index (χ4v) is 4.97. The van der Waals surface area contributed by atoms with Gasteiger partial charge in [0.15, 0.2) is 0 Å². The molecule has 3 nitrogen and oxygen atoms in total. The Hall–Kier alpha value is -0.820. The highest BCUT2D eigenvalue weighted by molar-refractivity contribution is 9.10. The second kappa shape index (κ2) is 6.12. The molecular formula is C15H14BrNO2S2. The van der Waals surface area contributed by atoms with Crippen LogP contribution in [0, 0.1) is 0 Å². The Balaban J connectivity index is 1.88. The molecule has 0 bridgehead atoms. The van der Waals surface area contributed by atoms with Gasteiger partial charge >= 0.3 is 0 Å². The smallest absolute Gasteiger partial charge is 0.207 e. The van der Waals surface area contributed by atoms with Gasteiger partial charge < -0.3 is 0 Å². The van der Waals surface area contributed by atoms with Gasteiger partial charge in [0.2, 0.25) is 10.0 Å². The molecule has 0 amide bonds. The predicted molar refractivity (Wildman–Crippen MR) is 89.0 cm³/mol. The first-order valence-corrected chi connectivity index (χ1v) is 9.82. The second-order valence-electron chi connectivity index (χ2n) is 4.80. The van der Waals surface area contributed by atoms with Crippen molar-refractivity contribution in [3.05, 3.63) is 58.6 Å². The van der Waals surface area contributed by atoms with E-state index in [1.54, 1.807) is 36.0 Å². The van der Waals surface area contributed by atoms with E-state index in [4.69, 9.17) is 0 Å². The number of hydrogen-bond acceptors (Lipinski definition) is 3. The Kier molecular flexibility index (Phi) is 4.40. The molecule has 1 aliphatic heterocycles. The minimum absolute atomic E-state index is 0.156. The molecule has 0 saturated heterocycles. The monoisotopic (exact) mass is 383 g/mol. The SMILES string of the molecule is O=S(=O)(NC1CCSc2ccccc21)c1ccc(Br)cc1. The molecule has 0 aromatic heterocycles. The number of thioether (sulfide) groups is 1. The summed E-state index contributed by atoms with van der Waals surface area (Å²) in [7, 11) is -3.50. The average molecular weight is 384 g/mol. The van der Waals surface area contributed by atoms with Crippen LogP contribution < -0.4 is 4.72 Å². The van der Waals surface area contributed by atoms with E-state index < -0.39 is 10.0 Å². The first-order valence-electron chi connectivity index (χ1n) is 6.56. The zero-order chi connectivity index (χ0) is 14.9. The highest BCUT2D eigenvalue weighted by atomic mass is 79.9. The molecule has 3 rings (SSSR count). The van der Waals surface area contributed by atoms with Gasteiger partial charge in [0.05, 0.1) is 4.90 Å². The van der Waals surface area contributed by atoms with Crippen LogP contribution in [-0.2, 0) is 10.0 Å². The molecule has 0 aliphatic carbocycles. The molecule has 0 saturated carbocycles. The van der Waals surface area contributed by atoms with Crippen LogP contribution in [0.1, 0.15) is 18.0 Å². The van der Waals surface area contributed by atoms with Crippen molar-refractivity contribution in [3.8, 4) is 0 Å². The van der Waals surface area contributed by atoms with Crippen molar-refractivity contribution in [3.63, 3.8) is 0 Å². The standard InChI is InChI=1S/C15H14BrNO2S2/c16-11-5-7-12(8-6-11)21(18,19)17-14-9-10-20-15-4-2-1-3-13(14)15/h1-8,14,17H,9-10H2. The van der Waals surface area contributed by atoms with Crippen LogP contribution in [-0.4, -0.2) is 14.2 Å². The summed E-state index contributed by atoms with van der Waals surface area (Å²) >= 11 is 5.09. The summed E-state index contributed by atoms with van der Waals surface area (Å²) in [5, 5.41) is 0. The number of sulfonamides is 1. The Morgan fingerprint density at radius 1 is 1.10 bits per heavy atom. The quantitative estimate of drug-likeness (QED) is 0.871. The lowest BCUT2D eigenvalue weighted by molar-refractivity contribution is 0.546. The van der Waals surface area contributed by atoms with E-state index in [9.17, 15) is 8.42 Å². The third-order valence-electron chi connectivity index (χ3n) is 3.38. The number of halogens is 1. The Labute approximate surface area is 137 Å². The van der Waals surface area contributed by atoms with Crippen molar-refractivity contribution >= 4 is 37.7 Å². The maximum atomic E-state index is 12.5. The second-order valence-corrected chi connectivity index (χ2v) is 8.57. The first kappa shape index (κ1) is 15.1. The summed E-state index contributed by atoms with van der Waals surface area (Å²) in [5.74, 6) is 0.921. The molecule has 2 aromatic carbocycles. The predicted octanol–water partition coefficient (Wildman–Crippen LogP) is 3.96. The number of nitrogens with one attached hydrogen (secondary N) is 1. The van der Waals surface area contributed by atoms with E-state index in [0.717, 1.165) is 27.1 Å². The Bertz CT molecular complexity index is 745. The summed E-state index contributed by atoms with van der Waals surface area (Å²) in [4.78, 5) is 1.45. The van der Waals surface area contributed by atoms with Crippen LogP contribution in [0.3, 0.4) is 0 Å². The van der Waals surface area contributed by atoms with Crippen molar-refractivity contribution in [1.82, 2.24) is 4.72 Å². The van der Waals surface area contributed by atoms with E-state index in [1.807, 2.05) is 24.3 Å². The summed E-state index contributed by atoms with van der Waals surface area (Å²) in [6, 6.07) is 14.5. The fourth-order valence-electron chi connectivity index (χ4n) is 2.33. The van der Waals surface area contributed by atoms with Crippen LogP contribution in [0.5, 0.6) is 0 Å². The molecule has 1 N–H and O–H groups in total. The van der Waals surface area contributed by atoms with Crippen molar-refractivity contribution in [2.75, 3.05) is 5.75 Å². The molecule has 1 heterocycles. The number of hydrogen-bond donors (Lipinski definition) is 1. The highest BCUT2D eigenvalue weighted by Gasteiger charge is 2.25. The Morgan fingerprint density at radius 3 is 2.57 bits per heavy atom. The third kappa shape index (κ3) is 3.34. The van der Waals surface area contributed by atoms with Crippen molar-refractivity contribution in [2.45, 2.75) is 22.3 Å². The molecule has 0 fully saturated rings. The number of benzene rings is 2. The van der Waals surface area contributed by atoms with Gasteiger partial charge in [-0.05, 0) is 48.1 Å². The molecule has 21 heavy (non-hydrogen) atoms. The third-order valence-corrected chi connectivity index (χ3v) is 6.52. The summed E-state index contributed by atoms with van der Waals surface area (Å²) in [6.07, 6.45) is 0.803. The Morgan fingerprint density at radius 2 is 1.81 bits per heavy atom. The summed E-state index contributed by atoms with van der Waals surface area (Å²) < 4.78 is 28.7. The van der Waals surface area contributed by atoms with E-state index in [-0.39, 0.29) is 6.04 Å². The van der Waals surface area contributed by atoms with Crippen LogP contribution >= 0.6 is 27.7 Å². The molecule has 1 atom stereocenters. The first-order chi connectivity index (χ1) is 10.1. The van der Waals surface area contributed by atoms with Crippen LogP contribution in [0.4, 0.5) is 0 Å². The fraction of sp³-hybridized carbons (Fsp3) is 0.200. The maximum Gasteiger partial charge on any atom is 0.241 e. The number of rotatable bonds is 3. The molecule has 1 unspecified atom stereocenters. The van der Waals surface area contributed by atoms with Crippen LogP contribution in [0.25, 0.3) is 0 Å². The maximum absolute atomic E-state index is 12.5. The largest absolute Gasteiger partial charge is 0.241 e. The van der Waals surface area contributed by atoms with Gasteiger partial charge in [-0.2, -0.15) is 0 Å². The van der Waals surface area contributed by atoms with Crippen molar-refractivity contribution in [2.24, 2.45) is 0 Å². The van der Waals surface area contributed by atoms with E-state index in [1.165, 1.54) is 0 Å². The summed E-state index contributed by atoms with van der Waals surface area (Å²) in [6.45, 7) is 0. The minimum Gasteiger partial charge on any atom is -0.207 e. The molecule has 0 radical (unpaired) electrons. The van der Waals surface area contributed by atoms with Gasteiger partial charge in [0.1, 0.15) is 0 Å². The lowest BCUT2D eigenvalue weighted by Crippen LogP contribution is -2.30. The van der Waals surface area contributed by atoms with Crippen molar-refractivity contribution < 1.29 is 8.42 Å². The molecule has 1 aliphatic rings. The highest BCUT2D eigenvalue weighted by Crippen LogP contribution is 2.36. The number of fused-ring (bicyclic) bond motifs is 1. The molecule has 2 aromatic rings.